The number of carbonyl (C=O) groups is 2. The first-order valence-corrected chi connectivity index (χ1v) is 13.9. The first-order chi connectivity index (χ1) is 20.2. The second-order valence-electron chi connectivity index (χ2n) is 10.7. The van der Waals surface area contributed by atoms with Gasteiger partial charge in [-0.05, 0) is 24.6 Å². The van der Waals surface area contributed by atoms with E-state index in [1.165, 1.54) is 23.2 Å². The van der Waals surface area contributed by atoms with Gasteiger partial charge in [-0.25, -0.2) is 23.5 Å². The molecule has 3 aliphatic heterocycles. The highest BCUT2D eigenvalue weighted by Crippen LogP contribution is 2.46. The Morgan fingerprint density at radius 2 is 1.86 bits per heavy atom. The zero-order chi connectivity index (χ0) is 29.5. The number of para-hydroxylation sites is 1. The number of esters is 2. The number of carbonyl (C=O) groups excluding carboxylic acids is 2. The summed E-state index contributed by atoms with van der Waals surface area (Å²) < 4.78 is 25.9. The molecule has 0 bridgehead atoms. The molecule has 6 rings (SSSR count). The lowest BCUT2D eigenvalue weighted by Crippen LogP contribution is -2.53. The molecule has 1 aromatic carbocycles. The maximum Gasteiger partial charge on any atom is 0.352 e. The SMILES string of the molecule is CC(=O)OC[C@H]1OC(CCO/N=C2/[C@H]3CCn4c(=O)n(-c5ccccc5)c(=O)n4[C@H]3[C@H](O)[C@@H]3O[C@H]23)C=C[C@@H]1OC(C)=O. The van der Waals surface area contributed by atoms with Crippen molar-refractivity contribution in [3.63, 3.8) is 0 Å². The van der Waals surface area contributed by atoms with Crippen molar-refractivity contribution in [3.05, 3.63) is 63.5 Å². The third-order valence-corrected chi connectivity index (χ3v) is 7.95. The van der Waals surface area contributed by atoms with Crippen LogP contribution in [0.15, 0.2) is 57.2 Å². The van der Waals surface area contributed by atoms with Crippen LogP contribution in [0.1, 0.15) is 32.7 Å². The third kappa shape index (κ3) is 5.21. The average Bonchev–Trinajstić information content (AvgIpc) is 3.73. The summed E-state index contributed by atoms with van der Waals surface area (Å²) in [5.74, 6) is -1.31. The number of epoxide rings is 1. The van der Waals surface area contributed by atoms with Gasteiger partial charge >= 0.3 is 23.3 Å². The van der Waals surface area contributed by atoms with E-state index in [4.69, 9.17) is 23.8 Å². The molecule has 0 radical (unpaired) electrons. The summed E-state index contributed by atoms with van der Waals surface area (Å²) in [6.45, 7) is 2.95. The van der Waals surface area contributed by atoms with Crippen molar-refractivity contribution >= 4 is 17.7 Å². The van der Waals surface area contributed by atoms with Crippen LogP contribution >= 0.6 is 0 Å². The van der Waals surface area contributed by atoms with Gasteiger partial charge in [-0.3, -0.25) is 9.59 Å². The van der Waals surface area contributed by atoms with Crippen LogP contribution in [-0.4, -0.2) is 86.5 Å². The summed E-state index contributed by atoms with van der Waals surface area (Å²) in [5.41, 5.74) is 0.0516. The Labute approximate surface area is 239 Å². The van der Waals surface area contributed by atoms with Crippen LogP contribution in [0.3, 0.4) is 0 Å². The van der Waals surface area contributed by atoms with Crippen LogP contribution in [0.2, 0.25) is 0 Å². The number of fused-ring (bicyclic) bond motifs is 4. The molecular formula is C28H32N4O10. The number of oxime groups is 1. The van der Waals surface area contributed by atoms with Crippen molar-refractivity contribution in [2.45, 2.75) is 75.9 Å². The van der Waals surface area contributed by atoms with Crippen LogP contribution in [0, 0.1) is 5.92 Å². The topological polar surface area (TPSA) is 165 Å². The molecule has 2 aromatic rings. The lowest BCUT2D eigenvalue weighted by Gasteiger charge is -2.38. The molecule has 0 amide bonds. The predicted molar refractivity (Wildman–Crippen MR) is 144 cm³/mol. The van der Waals surface area contributed by atoms with Crippen LogP contribution in [0.25, 0.3) is 5.69 Å². The standard InChI is InChI=1S/C28H32N4O10/c1-15(33)38-14-21-20(40-16(2)34)9-8-18(41-21)11-13-39-29-22-19-10-12-30-27(36)31(17-6-4-3-5-7-17)28(37)32(30)23(19)24(35)26-25(22)42-26/h3-9,18-21,23-26,35H,10-14H2,1-2H3/b29-22-/t18?,19-,20+,21-,23-,24+,25-,26+/m1/s1. The maximum absolute atomic E-state index is 13.5. The van der Waals surface area contributed by atoms with E-state index in [2.05, 4.69) is 5.16 Å². The average molecular weight is 585 g/mol. The second kappa shape index (κ2) is 11.3. The summed E-state index contributed by atoms with van der Waals surface area (Å²) in [4.78, 5) is 55.1. The molecule has 1 aliphatic carbocycles. The molecule has 1 saturated carbocycles. The smallest absolute Gasteiger partial charge is 0.352 e. The van der Waals surface area contributed by atoms with Crippen molar-refractivity contribution in [1.29, 1.82) is 0 Å². The minimum atomic E-state index is -0.991. The van der Waals surface area contributed by atoms with Crippen molar-refractivity contribution in [2.24, 2.45) is 11.1 Å². The van der Waals surface area contributed by atoms with Crippen molar-refractivity contribution < 1.29 is 38.5 Å². The summed E-state index contributed by atoms with van der Waals surface area (Å²) in [6.07, 6.45) is 0.622. The van der Waals surface area contributed by atoms with Crippen LogP contribution < -0.4 is 11.4 Å². The number of hydrogen-bond donors (Lipinski definition) is 1. The number of hydrogen-bond acceptors (Lipinski definition) is 11. The highest BCUT2D eigenvalue weighted by atomic mass is 16.6. The molecule has 1 N–H and O–H groups in total. The van der Waals surface area contributed by atoms with Gasteiger partial charge in [0.2, 0.25) is 0 Å². The molecule has 42 heavy (non-hydrogen) atoms. The second-order valence-corrected chi connectivity index (χ2v) is 10.7. The fourth-order valence-electron chi connectivity index (χ4n) is 6.04. The predicted octanol–water partition coefficient (Wildman–Crippen LogP) is 0.0847. The van der Waals surface area contributed by atoms with Gasteiger partial charge in [-0.15, -0.1) is 0 Å². The molecule has 4 aliphatic rings. The molecule has 8 atom stereocenters. The minimum absolute atomic E-state index is 0.0699. The summed E-state index contributed by atoms with van der Waals surface area (Å²) in [7, 11) is 0. The van der Waals surface area contributed by atoms with Crippen LogP contribution in [0.4, 0.5) is 0 Å². The Morgan fingerprint density at radius 1 is 1.07 bits per heavy atom. The van der Waals surface area contributed by atoms with Gasteiger partial charge in [-0.1, -0.05) is 29.4 Å². The number of ether oxygens (including phenoxy) is 4. The molecule has 0 spiro atoms. The van der Waals surface area contributed by atoms with Gasteiger partial charge in [0.15, 0.2) is 0 Å². The fourth-order valence-corrected chi connectivity index (χ4v) is 6.04. The monoisotopic (exact) mass is 584 g/mol. The Hall–Kier alpha value is -4.01. The number of aliphatic hydroxyl groups excluding tert-OH is 1. The van der Waals surface area contributed by atoms with E-state index in [0.29, 0.717) is 24.2 Å². The Balaban J connectivity index is 1.15. The molecule has 2 fully saturated rings. The van der Waals surface area contributed by atoms with Gasteiger partial charge in [0.25, 0.3) is 0 Å². The van der Waals surface area contributed by atoms with Gasteiger partial charge in [0, 0.05) is 32.7 Å². The van der Waals surface area contributed by atoms with Gasteiger partial charge in [0.05, 0.1) is 23.5 Å². The van der Waals surface area contributed by atoms with Crippen molar-refractivity contribution in [2.75, 3.05) is 13.2 Å². The minimum Gasteiger partial charge on any atom is -0.463 e. The molecule has 224 valence electrons. The first kappa shape index (κ1) is 28.1. The molecule has 1 unspecified atom stereocenters. The van der Waals surface area contributed by atoms with E-state index in [1.807, 2.05) is 0 Å². The fraction of sp³-hybridized carbons (Fsp3) is 0.536. The van der Waals surface area contributed by atoms with E-state index in [0.717, 1.165) is 4.57 Å². The number of rotatable bonds is 8. The Morgan fingerprint density at radius 3 is 2.60 bits per heavy atom. The lowest BCUT2D eigenvalue weighted by molar-refractivity contribution is -0.164. The first-order valence-electron chi connectivity index (χ1n) is 13.9. The molecule has 1 saturated heterocycles. The number of nitrogens with zero attached hydrogens (tertiary/aromatic N) is 4. The highest BCUT2D eigenvalue weighted by molar-refractivity contribution is 5.94. The lowest BCUT2D eigenvalue weighted by atomic mass is 9.78. The van der Waals surface area contributed by atoms with Crippen LogP contribution in [0.5, 0.6) is 0 Å². The summed E-state index contributed by atoms with van der Waals surface area (Å²) in [6, 6.07) is 7.93. The quantitative estimate of drug-likeness (QED) is 0.148. The van der Waals surface area contributed by atoms with E-state index in [9.17, 15) is 24.3 Å². The van der Waals surface area contributed by atoms with Gasteiger partial charge < -0.3 is 28.9 Å². The Bertz CT molecular complexity index is 1530. The van der Waals surface area contributed by atoms with E-state index >= 15 is 0 Å². The molecule has 1 aromatic heterocycles. The van der Waals surface area contributed by atoms with Gasteiger partial charge in [0.1, 0.15) is 43.7 Å². The summed E-state index contributed by atoms with van der Waals surface area (Å²) in [5, 5.41) is 15.5. The molecule has 4 heterocycles. The van der Waals surface area contributed by atoms with E-state index in [-0.39, 0.29) is 25.7 Å². The zero-order valence-corrected chi connectivity index (χ0v) is 23.1. The van der Waals surface area contributed by atoms with Gasteiger partial charge in [-0.2, -0.15) is 0 Å². The number of aromatic nitrogens is 3. The molecule has 14 nitrogen and oxygen atoms in total. The number of aliphatic hydroxyl groups is 1. The zero-order valence-electron chi connectivity index (χ0n) is 23.1. The van der Waals surface area contributed by atoms with Crippen molar-refractivity contribution in [3.8, 4) is 5.69 Å². The van der Waals surface area contributed by atoms with E-state index in [1.54, 1.807) is 42.5 Å². The Kier molecular flexibility index (Phi) is 7.60. The largest absolute Gasteiger partial charge is 0.463 e. The highest BCUT2D eigenvalue weighted by Gasteiger charge is 2.61. The normalized spacial score (nSPS) is 31.9. The molecular weight excluding hydrogens is 552 g/mol. The summed E-state index contributed by atoms with van der Waals surface area (Å²) >= 11 is 0. The number of benzene rings is 1. The maximum atomic E-state index is 13.5. The third-order valence-electron chi connectivity index (χ3n) is 7.95. The molecule has 14 heteroatoms. The van der Waals surface area contributed by atoms with Crippen molar-refractivity contribution in [1.82, 2.24) is 13.9 Å². The van der Waals surface area contributed by atoms with E-state index < -0.39 is 66.0 Å². The van der Waals surface area contributed by atoms with Crippen LogP contribution in [-0.2, 0) is 39.9 Å².